The average molecular weight is 386 g/mol. The summed E-state index contributed by atoms with van der Waals surface area (Å²) in [7, 11) is 0. The van der Waals surface area contributed by atoms with Crippen LogP contribution in [0.2, 0.25) is 10.0 Å². The molecule has 6 heteroatoms. The molecule has 1 aromatic heterocycles. The molecule has 0 saturated carbocycles. The number of carbonyl (C=O) groups excluding carboxylic acids is 1. The van der Waals surface area contributed by atoms with Crippen LogP contribution in [0.1, 0.15) is 18.2 Å². The van der Waals surface area contributed by atoms with Crippen LogP contribution in [-0.4, -0.2) is 15.5 Å². The van der Waals surface area contributed by atoms with Crippen LogP contribution in [0, 0.1) is 6.92 Å². The van der Waals surface area contributed by atoms with Gasteiger partial charge in [0.2, 0.25) is 5.95 Å². The monoisotopic (exact) mass is 385 g/mol. The quantitative estimate of drug-likeness (QED) is 0.626. The third-order valence-corrected chi connectivity index (χ3v) is 5.21. The number of anilines is 2. The van der Waals surface area contributed by atoms with E-state index in [2.05, 4.69) is 4.98 Å². The maximum Gasteiger partial charge on any atom is 0.260 e. The number of hydrogen-bond acceptors (Lipinski definition) is 2. The summed E-state index contributed by atoms with van der Waals surface area (Å²) < 4.78 is 2.00. The molecule has 0 saturated heterocycles. The molecule has 3 aromatic rings. The summed E-state index contributed by atoms with van der Waals surface area (Å²) in [5.74, 6) is 0.537. The number of aryl methyl sites for hydroxylation is 1. The van der Waals surface area contributed by atoms with Crippen LogP contribution in [0.5, 0.6) is 0 Å². The minimum atomic E-state index is -0.772. The Morgan fingerprint density at radius 1 is 1.08 bits per heavy atom. The molecule has 2 aromatic carbocycles. The fourth-order valence-corrected chi connectivity index (χ4v) is 4.18. The molecule has 0 spiro atoms. The van der Waals surface area contributed by atoms with Gasteiger partial charge in [-0.15, -0.1) is 0 Å². The summed E-state index contributed by atoms with van der Waals surface area (Å²) in [5.41, 5.74) is 1.87. The Kier molecular flexibility index (Phi) is 4.05. The lowest BCUT2D eigenvalue weighted by atomic mass is 9.91. The van der Waals surface area contributed by atoms with E-state index >= 15 is 0 Å². The van der Waals surface area contributed by atoms with Gasteiger partial charge in [0.25, 0.3) is 5.91 Å². The van der Waals surface area contributed by atoms with Crippen LogP contribution >= 0.6 is 23.2 Å². The largest absolute Gasteiger partial charge is 0.299 e. The molecule has 1 aliphatic heterocycles. The van der Waals surface area contributed by atoms with Crippen molar-refractivity contribution in [1.82, 2.24) is 9.55 Å². The fourth-order valence-electron chi connectivity index (χ4n) is 3.67. The maximum atomic E-state index is 13.5. The van der Waals surface area contributed by atoms with Gasteiger partial charge in [-0.1, -0.05) is 53.5 Å². The molecule has 1 aliphatic rings. The molecule has 2 heterocycles. The van der Waals surface area contributed by atoms with Crippen LogP contribution in [0.3, 0.4) is 0 Å². The second kappa shape index (κ2) is 6.15. The Balaban J connectivity index is 1.85. The van der Waals surface area contributed by atoms with Gasteiger partial charge in [0.15, 0.2) is 0 Å². The minimum Gasteiger partial charge on any atom is -0.299 e. The van der Waals surface area contributed by atoms with Crippen LogP contribution in [0.15, 0.2) is 54.7 Å². The summed E-state index contributed by atoms with van der Waals surface area (Å²) in [6.45, 7) is 3.91. The van der Waals surface area contributed by atoms with Gasteiger partial charge >= 0.3 is 0 Å². The second-order valence-corrected chi connectivity index (χ2v) is 7.61. The summed E-state index contributed by atoms with van der Waals surface area (Å²) in [4.78, 5) is 19.6. The highest BCUT2D eigenvalue weighted by molar-refractivity contribution is 6.35. The van der Waals surface area contributed by atoms with E-state index in [1.165, 1.54) is 0 Å². The number of halogens is 2. The average Bonchev–Trinajstić information content (AvgIpc) is 3.06. The standard InChI is InChI=1S/C20H17Cl2N3O/c1-13-12-23-19-24(17-9-15(21)8-16(22)10-17)18(26)20(2,25(13)19)11-14-6-4-3-5-7-14/h3-10,12H,11H2,1-2H3/t20-/m1/s1. The van der Waals surface area contributed by atoms with E-state index in [0.29, 0.717) is 28.1 Å². The Morgan fingerprint density at radius 3 is 2.38 bits per heavy atom. The van der Waals surface area contributed by atoms with Crippen molar-refractivity contribution in [3.63, 3.8) is 0 Å². The molecule has 4 rings (SSSR count). The normalized spacial score (nSPS) is 19.1. The van der Waals surface area contributed by atoms with Crippen LogP contribution < -0.4 is 4.90 Å². The number of fused-ring (bicyclic) bond motifs is 1. The summed E-state index contributed by atoms with van der Waals surface area (Å²) in [6.07, 6.45) is 2.35. The van der Waals surface area contributed by atoms with Gasteiger partial charge in [-0.2, -0.15) is 0 Å². The molecule has 0 bridgehead atoms. The number of imidazole rings is 1. The van der Waals surface area contributed by atoms with Gasteiger partial charge < -0.3 is 0 Å². The summed E-state index contributed by atoms with van der Waals surface area (Å²) in [5, 5.41) is 0.957. The summed E-state index contributed by atoms with van der Waals surface area (Å²) >= 11 is 12.3. The van der Waals surface area contributed by atoms with Crippen molar-refractivity contribution in [1.29, 1.82) is 0 Å². The van der Waals surface area contributed by atoms with E-state index in [4.69, 9.17) is 23.2 Å². The van der Waals surface area contributed by atoms with Gasteiger partial charge in [0.1, 0.15) is 5.54 Å². The SMILES string of the molecule is Cc1cnc2n1[C@](C)(Cc1ccccc1)C(=O)N2c1cc(Cl)cc(Cl)c1. The lowest BCUT2D eigenvalue weighted by Gasteiger charge is -2.26. The maximum absolute atomic E-state index is 13.5. The van der Waals surface area contributed by atoms with E-state index in [1.54, 1.807) is 29.3 Å². The van der Waals surface area contributed by atoms with Crippen LogP contribution in [0.25, 0.3) is 0 Å². The third-order valence-electron chi connectivity index (χ3n) is 4.77. The first-order valence-corrected chi connectivity index (χ1v) is 9.05. The predicted molar refractivity (Wildman–Crippen MR) is 104 cm³/mol. The second-order valence-electron chi connectivity index (χ2n) is 6.74. The summed E-state index contributed by atoms with van der Waals surface area (Å²) in [6, 6.07) is 15.1. The molecule has 26 heavy (non-hydrogen) atoms. The van der Waals surface area contributed by atoms with Crippen molar-refractivity contribution < 1.29 is 4.79 Å². The molecule has 0 fully saturated rings. The number of nitrogens with zero attached hydrogens (tertiary/aromatic N) is 3. The first-order chi connectivity index (χ1) is 12.4. The van der Waals surface area contributed by atoms with E-state index in [1.807, 2.05) is 48.7 Å². The molecular formula is C20H17Cl2N3O. The van der Waals surface area contributed by atoms with Crippen LogP contribution in [0.4, 0.5) is 11.6 Å². The molecule has 1 atom stereocenters. The number of carbonyl (C=O) groups is 1. The Bertz CT molecular complexity index is 979. The highest BCUT2D eigenvalue weighted by Crippen LogP contribution is 2.43. The highest BCUT2D eigenvalue weighted by Gasteiger charge is 2.49. The van der Waals surface area contributed by atoms with Crippen molar-refractivity contribution >= 4 is 40.7 Å². The van der Waals surface area contributed by atoms with Gasteiger partial charge in [0, 0.05) is 22.2 Å². The van der Waals surface area contributed by atoms with Crippen molar-refractivity contribution in [2.75, 3.05) is 4.90 Å². The van der Waals surface area contributed by atoms with Crippen molar-refractivity contribution in [2.24, 2.45) is 0 Å². The van der Waals surface area contributed by atoms with Crippen molar-refractivity contribution in [3.05, 3.63) is 76.0 Å². The van der Waals surface area contributed by atoms with Gasteiger partial charge in [-0.25, -0.2) is 9.88 Å². The Labute approximate surface area is 162 Å². The Morgan fingerprint density at radius 2 is 1.73 bits per heavy atom. The molecule has 4 nitrogen and oxygen atoms in total. The molecule has 0 radical (unpaired) electrons. The number of amides is 1. The molecule has 0 unspecified atom stereocenters. The minimum absolute atomic E-state index is 0.0501. The zero-order valence-electron chi connectivity index (χ0n) is 14.4. The van der Waals surface area contributed by atoms with Crippen LogP contribution in [-0.2, 0) is 16.8 Å². The van der Waals surface area contributed by atoms with Crippen molar-refractivity contribution in [2.45, 2.75) is 25.8 Å². The van der Waals surface area contributed by atoms with E-state index in [-0.39, 0.29) is 5.91 Å². The predicted octanol–water partition coefficient (Wildman–Crippen LogP) is 5.13. The fraction of sp³-hybridized carbons (Fsp3) is 0.200. The van der Waals surface area contributed by atoms with Crippen molar-refractivity contribution in [3.8, 4) is 0 Å². The molecular weight excluding hydrogens is 369 g/mol. The number of aromatic nitrogens is 2. The smallest absolute Gasteiger partial charge is 0.260 e. The lowest BCUT2D eigenvalue weighted by Crippen LogP contribution is -2.41. The van der Waals surface area contributed by atoms with E-state index < -0.39 is 5.54 Å². The molecule has 132 valence electrons. The van der Waals surface area contributed by atoms with Gasteiger partial charge in [-0.05, 0) is 37.6 Å². The van der Waals surface area contributed by atoms with Gasteiger partial charge in [-0.3, -0.25) is 9.36 Å². The number of hydrogen-bond donors (Lipinski definition) is 0. The zero-order valence-corrected chi connectivity index (χ0v) is 15.9. The molecule has 1 amide bonds. The highest BCUT2D eigenvalue weighted by atomic mass is 35.5. The molecule has 0 aliphatic carbocycles. The van der Waals surface area contributed by atoms with E-state index in [0.717, 1.165) is 11.3 Å². The Hall–Kier alpha value is -2.30. The number of benzene rings is 2. The third kappa shape index (κ3) is 2.61. The van der Waals surface area contributed by atoms with E-state index in [9.17, 15) is 4.79 Å². The van der Waals surface area contributed by atoms with Gasteiger partial charge in [0.05, 0.1) is 11.9 Å². The molecule has 0 N–H and O–H groups in total. The lowest BCUT2D eigenvalue weighted by molar-refractivity contribution is -0.123. The first-order valence-electron chi connectivity index (χ1n) is 8.29. The topological polar surface area (TPSA) is 38.1 Å². The first kappa shape index (κ1) is 17.1. The number of rotatable bonds is 3. The zero-order chi connectivity index (χ0) is 18.5.